The van der Waals surface area contributed by atoms with E-state index < -0.39 is 0 Å². The van der Waals surface area contributed by atoms with Gasteiger partial charge in [-0.2, -0.15) is 0 Å². The van der Waals surface area contributed by atoms with E-state index in [9.17, 15) is 4.79 Å². The molecule has 0 radical (unpaired) electrons. The lowest BCUT2D eigenvalue weighted by atomic mass is 10.1. The van der Waals surface area contributed by atoms with Gasteiger partial charge in [0.25, 0.3) is 0 Å². The number of ether oxygens (including phenoxy) is 2. The van der Waals surface area contributed by atoms with Crippen molar-refractivity contribution in [2.75, 3.05) is 0 Å². The smallest absolute Gasteiger partial charge is 0.343 e. The lowest BCUT2D eigenvalue weighted by Gasteiger charge is -2.11. The van der Waals surface area contributed by atoms with Crippen molar-refractivity contribution in [1.82, 2.24) is 0 Å². The SMILES string of the molecule is CC.CC1C=CC=CC(C(=O)Oc2cccc(OC(C)C)c2)=C1.CC=O. The minimum atomic E-state index is -0.358. The van der Waals surface area contributed by atoms with Crippen molar-refractivity contribution in [1.29, 1.82) is 0 Å². The van der Waals surface area contributed by atoms with E-state index in [1.807, 2.05) is 71.1 Å². The summed E-state index contributed by atoms with van der Waals surface area (Å²) < 4.78 is 11.0. The average Bonchev–Trinajstić information content (AvgIpc) is 2.82. The van der Waals surface area contributed by atoms with Crippen molar-refractivity contribution in [3.05, 3.63) is 60.2 Å². The third-order valence-corrected chi connectivity index (χ3v) is 2.87. The largest absolute Gasteiger partial charge is 0.491 e. The number of hydrogen-bond donors (Lipinski definition) is 0. The molecule has 2 rings (SSSR count). The molecule has 1 aromatic carbocycles. The second kappa shape index (κ2) is 13.6. The van der Waals surface area contributed by atoms with Crippen LogP contribution >= 0.6 is 0 Å². The Labute approximate surface area is 157 Å². The molecule has 0 heterocycles. The first-order chi connectivity index (χ1) is 12.5. The van der Waals surface area contributed by atoms with Crippen molar-refractivity contribution >= 4 is 12.3 Å². The minimum absolute atomic E-state index is 0.0791. The van der Waals surface area contributed by atoms with Crippen LogP contribution in [-0.4, -0.2) is 18.4 Å². The molecule has 1 aliphatic carbocycles. The van der Waals surface area contributed by atoms with Crippen LogP contribution in [0.5, 0.6) is 11.5 Å². The summed E-state index contributed by atoms with van der Waals surface area (Å²) in [6, 6.07) is 7.12. The average molecular weight is 358 g/mol. The molecule has 26 heavy (non-hydrogen) atoms. The number of carbonyl (C=O) groups excluding carboxylic acids is 2. The zero-order valence-corrected chi connectivity index (χ0v) is 16.6. The third-order valence-electron chi connectivity index (χ3n) is 2.87. The maximum atomic E-state index is 12.2. The highest BCUT2D eigenvalue weighted by molar-refractivity contribution is 5.93. The Morgan fingerprint density at radius 1 is 1.15 bits per heavy atom. The molecule has 0 spiro atoms. The number of allylic oxidation sites excluding steroid dienone is 4. The summed E-state index contributed by atoms with van der Waals surface area (Å²) in [5, 5.41) is 0. The second-order valence-corrected chi connectivity index (χ2v) is 5.49. The van der Waals surface area contributed by atoms with Gasteiger partial charge in [0.2, 0.25) is 0 Å². The van der Waals surface area contributed by atoms with Gasteiger partial charge in [-0.25, -0.2) is 4.79 Å². The van der Waals surface area contributed by atoms with Crippen molar-refractivity contribution < 1.29 is 19.1 Å². The fraction of sp³-hybridized carbons (Fsp3) is 0.364. The fourth-order valence-electron chi connectivity index (χ4n) is 1.98. The monoisotopic (exact) mass is 358 g/mol. The molecule has 0 bridgehead atoms. The molecule has 0 amide bonds. The van der Waals surface area contributed by atoms with E-state index in [1.165, 1.54) is 6.92 Å². The number of aldehydes is 1. The molecule has 142 valence electrons. The van der Waals surface area contributed by atoms with Gasteiger partial charge in [0.05, 0.1) is 11.7 Å². The number of esters is 1. The summed E-state index contributed by atoms with van der Waals surface area (Å²) in [5.41, 5.74) is 0.558. The van der Waals surface area contributed by atoms with E-state index in [4.69, 9.17) is 14.3 Å². The van der Waals surface area contributed by atoms with E-state index in [2.05, 4.69) is 0 Å². The molecule has 0 saturated heterocycles. The Bertz CT molecular complexity index is 639. The highest BCUT2D eigenvalue weighted by atomic mass is 16.5. The van der Waals surface area contributed by atoms with E-state index in [-0.39, 0.29) is 18.0 Å². The van der Waals surface area contributed by atoms with Crippen LogP contribution in [0.1, 0.15) is 41.5 Å². The van der Waals surface area contributed by atoms with E-state index in [1.54, 1.807) is 18.2 Å². The summed E-state index contributed by atoms with van der Waals surface area (Å²) in [6.45, 7) is 11.4. The highest BCUT2D eigenvalue weighted by Crippen LogP contribution is 2.22. The predicted molar refractivity (Wildman–Crippen MR) is 106 cm³/mol. The van der Waals surface area contributed by atoms with Crippen molar-refractivity contribution in [2.24, 2.45) is 5.92 Å². The summed E-state index contributed by atoms with van der Waals surface area (Å²) >= 11 is 0. The van der Waals surface area contributed by atoms with E-state index in [0.29, 0.717) is 17.1 Å². The van der Waals surface area contributed by atoms with Crippen LogP contribution in [-0.2, 0) is 9.59 Å². The van der Waals surface area contributed by atoms with Crippen LogP contribution in [0.2, 0.25) is 0 Å². The highest BCUT2D eigenvalue weighted by Gasteiger charge is 2.12. The third kappa shape index (κ3) is 9.62. The van der Waals surface area contributed by atoms with Gasteiger partial charge in [0.15, 0.2) is 0 Å². The molecule has 0 N–H and O–H groups in total. The number of carbonyl (C=O) groups is 2. The molecular formula is C22H30O4. The van der Waals surface area contributed by atoms with Crippen molar-refractivity contribution in [2.45, 2.75) is 47.6 Å². The van der Waals surface area contributed by atoms with Crippen LogP contribution in [0.4, 0.5) is 0 Å². The van der Waals surface area contributed by atoms with Gasteiger partial charge in [0, 0.05) is 6.07 Å². The van der Waals surface area contributed by atoms with Gasteiger partial charge < -0.3 is 14.3 Å². The van der Waals surface area contributed by atoms with Crippen LogP contribution in [0, 0.1) is 5.92 Å². The maximum Gasteiger partial charge on any atom is 0.343 e. The second-order valence-electron chi connectivity index (χ2n) is 5.49. The molecule has 4 heteroatoms. The zero-order chi connectivity index (χ0) is 19.9. The fourth-order valence-corrected chi connectivity index (χ4v) is 1.98. The molecule has 0 fully saturated rings. The van der Waals surface area contributed by atoms with Gasteiger partial charge in [-0.15, -0.1) is 0 Å². The topological polar surface area (TPSA) is 52.6 Å². The summed E-state index contributed by atoms with van der Waals surface area (Å²) in [7, 11) is 0. The summed E-state index contributed by atoms with van der Waals surface area (Å²) in [6.07, 6.45) is 10.3. The Kier molecular flexibility index (Phi) is 12.3. The quantitative estimate of drug-likeness (QED) is 0.416. The molecule has 0 aliphatic heterocycles. The Morgan fingerprint density at radius 3 is 2.38 bits per heavy atom. The number of hydrogen-bond acceptors (Lipinski definition) is 4. The van der Waals surface area contributed by atoms with E-state index in [0.717, 1.165) is 6.29 Å². The first-order valence-electron chi connectivity index (χ1n) is 8.91. The number of benzene rings is 1. The molecule has 0 saturated carbocycles. The van der Waals surface area contributed by atoms with Gasteiger partial charge in [-0.1, -0.05) is 51.1 Å². The lowest BCUT2D eigenvalue weighted by molar-refractivity contribution is -0.129. The van der Waals surface area contributed by atoms with Gasteiger partial charge in [0.1, 0.15) is 17.8 Å². The van der Waals surface area contributed by atoms with Crippen molar-refractivity contribution in [3.63, 3.8) is 0 Å². The van der Waals surface area contributed by atoms with Gasteiger partial charge in [-0.05, 0) is 44.9 Å². The molecule has 1 atom stereocenters. The molecule has 1 aromatic rings. The minimum Gasteiger partial charge on any atom is -0.491 e. The van der Waals surface area contributed by atoms with Crippen molar-refractivity contribution in [3.8, 4) is 11.5 Å². The summed E-state index contributed by atoms with van der Waals surface area (Å²) in [4.78, 5) is 21.0. The standard InChI is InChI=1S/C18H20O3.C2H4O.C2H6/c1-13(2)20-16-9-6-10-17(12-16)21-18(19)15-8-5-4-7-14(3)11-15;1-2-3;1-2/h4-14H,1-3H3;2H,1H3;1-2H3. The Morgan fingerprint density at radius 2 is 1.77 bits per heavy atom. The predicted octanol–water partition coefficient (Wildman–Crippen LogP) is 5.30. The molecular weight excluding hydrogens is 328 g/mol. The molecule has 1 unspecified atom stereocenters. The maximum absolute atomic E-state index is 12.2. The first kappa shape index (κ1) is 23.4. The Balaban J connectivity index is 0.00000113. The van der Waals surface area contributed by atoms with Gasteiger partial charge in [-0.3, -0.25) is 0 Å². The number of rotatable bonds is 4. The summed E-state index contributed by atoms with van der Waals surface area (Å²) in [5.74, 6) is 1.02. The normalized spacial score (nSPS) is 14.7. The van der Waals surface area contributed by atoms with E-state index >= 15 is 0 Å². The molecule has 1 aliphatic rings. The Hall–Kier alpha value is -2.62. The van der Waals surface area contributed by atoms with Crippen LogP contribution in [0.3, 0.4) is 0 Å². The lowest BCUT2D eigenvalue weighted by Crippen LogP contribution is -2.11. The molecule has 0 aromatic heterocycles. The van der Waals surface area contributed by atoms with Crippen LogP contribution in [0.25, 0.3) is 0 Å². The first-order valence-corrected chi connectivity index (χ1v) is 8.91. The van der Waals surface area contributed by atoms with Crippen LogP contribution in [0.15, 0.2) is 60.2 Å². The molecule has 4 nitrogen and oxygen atoms in total. The van der Waals surface area contributed by atoms with Gasteiger partial charge >= 0.3 is 5.97 Å². The van der Waals surface area contributed by atoms with Crippen LogP contribution < -0.4 is 9.47 Å². The zero-order valence-electron chi connectivity index (χ0n) is 16.6.